The van der Waals surface area contributed by atoms with Crippen LogP contribution in [0.5, 0.6) is 11.5 Å². The number of rotatable bonds is 7. The Kier molecular flexibility index (Phi) is 6.30. The van der Waals surface area contributed by atoms with Crippen molar-refractivity contribution in [2.24, 2.45) is 0 Å². The van der Waals surface area contributed by atoms with Crippen LogP contribution in [-0.2, 0) is 4.79 Å². The van der Waals surface area contributed by atoms with Crippen LogP contribution >= 0.6 is 0 Å². The number of halogens is 3. The molecule has 5 nitrogen and oxygen atoms in total. The third kappa shape index (κ3) is 5.30. The van der Waals surface area contributed by atoms with Gasteiger partial charge in [0, 0.05) is 19.1 Å². The number of benzene rings is 1. The molecule has 1 heterocycles. The molecule has 1 aromatic carbocycles. The van der Waals surface area contributed by atoms with Crippen LogP contribution in [0.1, 0.15) is 12.8 Å². The maximum atomic E-state index is 12.3. The Morgan fingerprint density at radius 2 is 1.96 bits per heavy atom. The lowest BCUT2D eigenvalue weighted by Gasteiger charge is -2.24. The number of hydrogen-bond donors (Lipinski definition) is 1. The van der Waals surface area contributed by atoms with Crippen LogP contribution in [0.15, 0.2) is 24.3 Å². The van der Waals surface area contributed by atoms with E-state index in [1.807, 2.05) is 7.05 Å². The van der Waals surface area contributed by atoms with Gasteiger partial charge >= 0.3 is 6.18 Å². The molecule has 134 valence electrons. The number of nitrogens with zero attached hydrogens (tertiary/aromatic N) is 1. The van der Waals surface area contributed by atoms with Crippen LogP contribution in [0.2, 0.25) is 0 Å². The molecule has 1 N–H and O–H groups in total. The van der Waals surface area contributed by atoms with Gasteiger partial charge in [-0.1, -0.05) is 12.1 Å². The largest absolute Gasteiger partial charge is 0.480 e. The number of alkyl halides is 3. The third-order valence-corrected chi connectivity index (χ3v) is 3.73. The Hall–Kier alpha value is -1.96. The Morgan fingerprint density at radius 1 is 1.29 bits per heavy atom. The van der Waals surface area contributed by atoms with E-state index >= 15 is 0 Å². The standard InChI is InChI=1S/C16H21F3N2O3/c1-20-9-12-5-4-8-21(12)15(22)10-23-13-6-2-3-7-14(13)24-11-16(17,18)19/h2-3,6-7,12,20H,4-5,8-11H2,1H3. The van der Waals surface area contributed by atoms with Crippen LogP contribution in [0.3, 0.4) is 0 Å². The first-order valence-electron chi connectivity index (χ1n) is 7.76. The van der Waals surface area contributed by atoms with E-state index < -0.39 is 12.8 Å². The Morgan fingerprint density at radius 3 is 2.58 bits per heavy atom. The molecule has 0 aromatic heterocycles. The third-order valence-electron chi connectivity index (χ3n) is 3.73. The van der Waals surface area contributed by atoms with Crippen molar-refractivity contribution < 1.29 is 27.4 Å². The van der Waals surface area contributed by atoms with E-state index in [0.717, 1.165) is 12.8 Å². The van der Waals surface area contributed by atoms with Crippen molar-refractivity contribution >= 4 is 5.91 Å². The number of carbonyl (C=O) groups excluding carboxylic acids is 1. The maximum absolute atomic E-state index is 12.3. The van der Waals surface area contributed by atoms with Crippen LogP contribution in [0, 0.1) is 0 Å². The highest BCUT2D eigenvalue weighted by molar-refractivity contribution is 5.78. The van der Waals surface area contributed by atoms with Crippen molar-refractivity contribution in [3.8, 4) is 11.5 Å². The van der Waals surface area contributed by atoms with Gasteiger partial charge in [0.25, 0.3) is 5.91 Å². The Bertz CT molecular complexity index is 552. The van der Waals surface area contributed by atoms with Crippen LogP contribution in [0.25, 0.3) is 0 Å². The van der Waals surface area contributed by atoms with Gasteiger partial charge in [0.1, 0.15) is 0 Å². The molecule has 0 spiro atoms. The average Bonchev–Trinajstić information content (AvgIpc) is 2.99. The molecule has 1 amide bonds. The van der Waals surface area contributed by atoms with Gasteiger partial charge in [-0.15, -0.1) is 0 Å². The van der Waals surface area contributed by atoms with E-state index in [9.17, 15) is 18.0 Å². The van der Waals surface area contributed by atoms with Crippen molar-refractivity contribution in [2.75, 3.05) is 33.4 Å². The van der Waals surface area contributed by atoms with Crippen LogP contribution in [-0.4, -0.2) is 56.4 Å². The van der Waals surface area contributed by atoms with Gasteiger partial charge in [0.15, 0.2) is 24.7 Å². The maximum Gasteiger partial charge on any atom is 0.422 e. The number of ether oxygens (including phenoxy) is 2. The topological polar surface area (TPSA) is 50.8 Å². The lowest BCUT2D eigenvalue weighted by molar-refractivity contribution is -0.153. The highest BCUT2D eigenvalue weighted by Crippen LogP contribution is 2.28. The molecule has 1 aliphatic rings. The molecule has 0 aliphatic carbocycles. The predicted octanol–water partition coefficient (Wildman–Crippen LogP) is 2.22. The number of hydrogen-bond acceptors (Lipinski definition) is 4. The average molecular weight is 346 g/mol. The van der Waals surface area contributed by atoms with Crippen molar-refractivity contribution in [3.05, 3.63) is 24.3 Å². The molecule has 8 heteroatoms. The van der Waals surface area contributed by atoms with Gasteiger partial charge < -0.3 is 19.7 Å². The molecular weight excluding hydrogens is 325 g/mol. The summed E-state index contributed by atoms with van der Waals surface area (Å²) in [5.74, 6) is -0.0892. The second-order valence-corrected chi connectivity index (χ2v) is 5.58. The predicted molar refractivity (Wildman–Crippen MR) is 82.1 cm³/mol. The van der Waals surface area contributed by atoms with Gasteiger partial charge in [-0.25, -0.2) is 0 Å². The summed E-state index contributed by atoms with van der Waals surface area (Å²) >= 11 is 0. The molecule has 1 fully saturated rings. The van der Waals surface area contributed by atoms with Gasteiger partial charge in [-0.05, 0) is 32.0 Å². The Balaban J connectivity index is 1.93. The summed E-state index contributed by atoms with van der Waals surface area (Å²) < 4.78 is 47.0. The zero-order valence-electron chi connectivity index (χ0n) is 13.4. The monoisotopic (exact) mass is 346 g/mol. The summed E-state index contributed by atoms with van der Waals surface area (Å²) in [5.41, 5.74) is 0. The number of carbonyl (C=O) groups is 1. The summed E-state index contributed by atoms with van der Waals surface area (Å²) in [7, 11) is 1.83. The summed E-state index contributed by atoms with van der Waals surface area (Å²) in [6.07, 6.45) is -2.57. The molecule has 1 aromatic rings. The van der Waals surface area contributed by atoms with E-state index in [1.54, 1.807) is 17.0 Å². The molecule has 0 saturated carbocycles. The molecule has 0 radical (unpaired) electrons. The molecule has 1 atom stereocenters. The number of likely N-dealkylation sites (tertiary alicyclic amines) is 1. The summed E-state index contributed by atoms with van der Waals surface area (Å²) in [5, 5.41) is 3.05. The fourth-order valence-corrected chi connectivity index (χ4v) is 2.68. The zero-order chi connectivity index (χ0) is 17.6. The number of likely N-dealkylation sites (N-methyl/N-ethyl adjacent to an activating group) is 1. The van der Waals surface area contributed by atoms with Gasteiger partial charge in [-0.3, -0.25) is 4.79 Å². The smallest absolute Gasteiger partial charge is 0.422 e. The summed E-state index contributed by atoms with van der Waals surface area (Å²) in [6, 6.07) is 6.14. The summed E-state index contributed by atoms with van der Waals surface area (Å²) in [4.78, 5) is 14.0. The van der Waals surface area contributed by atoms with Gasteiger partial charge in [0.2, 0.25) is 0 Å². The molecule has 2 rings (SSSR count). The minimum Gasteiger partial charge on any atom is -0.480 e. The van der Waals surface area contributed by atoms with Crippen molar-refractivity contribution in [3.63, 3.8) is 0 Å². The van der Waals surface area contributed by atoms with Gasteiger partial charge in [-0.2, -0.15) is 13.2 Å². The minimum absolute atomic E-state index is 0.0316. The Labute approximate surface area is 138 Å². The van der Waals surface area contributed by atoms with E-state index in [4.69, 9.17) is 9.47 Å². The van der Waals surface area contributed by atoms with E-state index in [0.29, 0.717) is 13.1 Å². The number of nitrogens with one attached hydrogen (secondary N) is 1. The SMILES string of the molecule is CNCC1CCCN1C(=O)COc1ccccc1OCC(F)(F)F. The first-order chi connectivity index (χ1) is 11.4. The second kappa shape index (κ2) is 8.23. The fourth-order valence-electron chi connectivity index (χ4n) is 2.68. The van der Waals surface area contributed by atoms with E-state index in [-0.39, 0.29) is 30.1 Å². The first-order valence-corrected chi connectivity index (χ1v) is 7.76. The molecule has 1 aliphatic heterocycles. The van der Waals surface area contributed by atoms with Crippen LogP contribution < -0.4 is 14.8 Å². The normalized spacial score (nSPS) is 17.8. The molecule has 1 unspecified atom stereocenters. The molecule has 24 heavy (non-hydrogen) atoms. The highest BCUT2D eigenvalue weighted by Gasteiger charge is 2.30. The second-order valence-electron chi connectivity index (χ2n) is 5.58. The van der Waals surface area contributed by atoms with E-state index in [2.05, 4.69) is 5.32 Å². The minimum atomic E-state index is -4.43. The van der Waals surface area contributed by atoms with E-state index in [1.165, 1.54) is 12.1 Å². The highest BCUT2D eigenvalue weighted by atomic mass is 19.4. The fraction of sp³-hybridized carbons (Fsp3) is 0.562. The number of amides is 1. The number of para-hydroxylation sites is 2. The summed E-state index contributed by atoms with van der Waals surface area (Å²) in [6.45, 7) is -0.262. The van der Waals surface area contributed by atoms with Crippen molar-refractivity contribution in [1.82, 2.24) is 10.2 Å². The van der Waals surface area contributed by atoms with Gasteiger partial charge in [0.05, 0.1) is 0 Å². The lowest BCUT2D eigenvalue weighted by atomic mass is 10.2. The first kappa shape index (κ1) is 18.4. The van der Waals surface area contributed by atoms with Crippen LogP contribution in [0.4, 0.5) is 13.2 Å². The van der Waals surface area contributed by atoms with Crippen molar-refractivity contribution in [1.29, 1.82) is 0 Å². The lowest BCUT2D eigenvalue weighted by Crippen LogP contribution is -2.43. The quantitative estimate of drug-likeness (QED) is 0.823. The van der Waals surface area contributed by atoms with Crippen molar-refractivity contribution in [2.45, 2.75) is 25.1 Å². The molecule has 1 saturated heterocycles. The molecular formula is C16H21F3N2O3. The molecule has 0 bridgehead atoms. The zero-order valence-corrected chi connectivity index (χ0v) is 13.4.